The second-order valence-electron chi connectivity index (χ2n) is 0.634. The molecule has 0 amide bonds. The molecule has 0 fully saturated rings. The van der Waals surface area contributed by atoms with Gasteiger partial charge >= 0.3 is 6.95 Å². The van der Waals surface area contributed by atoms with Gasteiger partial charge in [-0.25, -0.2) is 4.57 Å². The van der Waals surface area contributed by atoms with Crippen LogP contribution in [0.1, 0.15) is 0 Å². The van der Waals surface area contributed by atoms with Crippen molar-refractivity contribution in [2.24, 2.45) is 0 Å². The van der Waals surface area contributed by atoms with E-state index in [0.717, 1.165) is 7.11 Å². The molecular formula is CH4ClO3P. The fourth-order valence-electron chi connectivity index (χ4n) is 0. The lowest BCUT2D eigenvalue weighted by atomic mass is 11.8. The first-order valence-electron chi connectivity index (χ1n) is 1.14. The van der Waals surface area contributed by atoms with Crippen molar-refractivity contribution in [3.8, 4) is 0 Å². The summed E-state index contributed by atoms with van der Waals surface area (Å²) in [5, 5.41) is 0. The Balaban J connectivity index is 3.48. The number of halogens is 1. The van der Waals surface area contributed by atoms with Crippen LogP contribution in [0.2, 0.25) is 0 Å². The van der Waals surface area contributed by atoms with Gasteiger partial charge in [0.1, 0.15) is 0 Å². The van der Waals surface area contributed by atoms with E-state index in [-0.39, 0.29) is 0 Å². The van der Waals surface area contributed by atoms with Gasteiger partial charge < -0.3 is 9.42 Å². The molecule has 0 heterocycles. The topological polar surface area (TPSA) is 46.5 Å². The van der Waals surface area contributed by atoms with Gasteiger partial charge in [-0.15, -0.1) is 0 Å². The minimum absolute atomic E-state index is 1.06. The average Bonchev–Trinajstić information content (AvgIpc) is 1.35. The molecule has 0 aromatic rings. The maximum atomic E-state index is 9.68. The van der Waals surface area contributed by atoms with Gasteiger partial charge in [0.15, 0.2) is 0 Å². The predicted molar refractivity (Wildman–Crippen MR) is 22.7 cm³/mol. The molecule has 1 atom stereocenters. The second-order valence-corrected chi connectivity index (χ2v) is 3.18. The summed E-state index contributed by atoms with van der Waals surface area (Å²) < 4.78 is 13.5. The van der Waals surface area contributed by atoms with Crippen LogP contribution in [0.15, 0.2) is 0 Å². The van der Waals surface area contributed by atoms with Crippen LogP contribution in [0, 0.1) is 0 Å². The van der Waals surface area contributed by atoms with Crippen molar-refractivity contribution in [3.05, 3.63) is 0 Å². The SMILES string of the molecule is COP(=O)(O)Cl. The Bertz CT molecular complexity index is 74.9. The molecule has 0 aromatic heterocycles. The Kier molecular flexibility index (Phi) is 2.08. The van der Waals surface area contributed by atoms with E-state index < -0.39 is 6.95 Å². The predicted octanol–water partition coefficient (Wildman–Crippen LogP) is 0.972. The van der Waals surface area contributed by atoms with Crippen LogP contribution < -0.4 is 0 Å². The van der Waals surface area contributed by atoms with E-state index in [1.165, 1.54) is 0 Å². The zero-order chi connectivity index (χ0) is 5.21. The first-order valence-corrected chi connectivity index (χ1v) is 3.62. The number of hydrogen-bond donors (Lipinski definition) is 1. The second kappa shape index (κ2) is 1.94. The highest BCUT2D eigenvalue weighted by atomic mass is 35.7. The molecule has 0 saturated heterocycles. The Hall–Kier alpha value is 0.440. The van der Waals surface area contributed by atoms with Crippen LogP contribution in [0.3, 0.4) is 0 Å². The zero-order valence-electron chi connectivity index (χ0n) is 3.09. The minimum atomic E-state index is -3.67. The van der Waals surface area contributed by atoms with E-state index in [1.54, 1.807) is 0 Å². The smallest absolute Gasteiger partial charge is 0.313 e. The highest BCUT2D eigenvalue weighted by molar-refractivity contribution is 7.80. The van der Waals surface area contributed by atoms with Gasteiger partial charge in [-0.2, -0.15) is 0 Å². The number of hydrogen-bond acceptors (Lipinski definition) is 2. The van der Waals surface area contributed by atoms with Gasteiger partial charge in [0.2, 0.25) is 0 Å². The molecule has 0 rings (SSSR count). The van der Waals surface area contributed by atoms with E-state index in [0.29, 0.717) is 0 Å². The first kappa shape index (κ1) is 6.44. The van der Waals surface area contributed by atoms with Crippen molar-refractivity contribution in [1.29, 1.82) is 0 Å². The lowest BCUT2D eigenvalue weighted by molar-refractivity contribution is 0.334. The van der Waals surface area contributed by atoms with Crippen molar-refractivity contribution >= 4 is 18.2 Å². The van der Waals surface area contributed by atoms with Gasteiger partial charge in [0.25, 0.3) is 0 Å². The molecule has 38 valence electrons. The van der Waals surface area contributed by atoms with E-state index >= 15 is 0 Å². The monoisotopic (exact) mass is 130 g/mol. The van der Waals surface area contributed by atoms with Crippen molar-refractivity contribution < 1.29 is 14.0 Å². The lowest BCUT2D eigenvalue weighted by Gasteiger charge is -1.92. The highest BCUT2D eigenvalue weighted by Crippen LogP contribution is 2.45. The van der Waals surface area contributed by atoms with Gasteiger partial charge in [-0.1, -0.05) is 0 Å². The van der Waals surface area contributed by atoms with Crippen LogP contribution in [0.5, 0.6) is 0 Å². The van der Waals surface area contributed by atoms with Crippen LogP contribution in [0.4, 0.5) is 0 Å². The summed E-state index contributed by atoms with van der Waals surface area (Å²) in [6.07, 6.45) is 0. The third kappa shape index (κ3) is 4.44. The molecule has 6 heavy (non-hydrogen) atoms. The summed E-state index contributed by atoms with van der Waals surface area (Å²) in [6.45, 7) is -3.67. The molecule has 0 aromatic carbocycles. The Morgan fingerprint density at radius 3 is 2.17 bits per heavy atom. The molecule has 1 unspecified atom stereocenters. The molecule has 3 nitrogen and oxygen atoms in total. The normalized spacial score (nSPS) is 19.8. The summed E-state index contributed by atoms with van der Waals surface area (Å²) in [6, 6.07) is 0. The summed E-state index contributed by atoms with van der Waals surface area (Å²) >= 11 is 4.61. The van der Waals surface area contributed by atoms with Gasteiger partial charge in [0, 0.05) is 18.4 Å². The summed E-state index contributed by atoms with van der Waals surface area (Å²) in [5.74, 6) is 0. The summed E-state index contributed by atoms with van der Waals surface area (Å²) in [7, 11) is 1.06. The molecule has 1 N–H and O–H groups in total. The van der Waals surface area contributed by atoms with E-state index in [4.69, 9.17) is 4.89 Å². The van der Waals surface area contributed by atoms with E-state index in [1.807, 2.05) is 0 Å². The fraction of sp³-hybridized carbons (Fsp3) is 1.00. The average molecular weight is 130 g/mol. The molecule has 0 bridgehead atoms. The largest absolute Gasteiger partial charge is 0.421 e. The first-order chi connectivity index (χ1) is 2.56. The van der Waals surface area contributed by atoms with E-state index in [9.17, 15) is 4.57 Å². The Labute approximate surface area is 40.2 Å². The van der Waals surface area contributed by atoms with Gasteiger partial charge in [-0.05, 0) is 0 Å². The van der Waals surface area contributed by atoms with Crippen LogP contribution in [0.25, 0.3) is 0 Å². The third-order valence-corrected chi connectivity index (χ3v) is 1.09. The molecule has 0 radical (unpaired) electrons. The molecule has 0 aliphatic rings. The molecule has 0 aliphatic heterocycles. The lowest BCUT2D eigenvalue weighted by Crippen LogP contribution is -1.68. The standard InChI is InChI=1S/CH4ClO3P/c1-5-6(2,3)4/h1H3,(H,3,4). The minimum Gasteiger partial charge on any atom is -0.313 e. The maximum absolute atomic E-state index is 9.68. The van der Waals surface area contributed by atoms with Gasteiger partial charge in [0.05, 0.1) is 0 Å². The Morgan fingerprint density at radius 1 is 2.00 bits per heavy atom. The van der Waals surface area contributed by atoms with E-state index in [2.05, 4.69) is 15.8 Å². The molecular weight excluding hydrogens is 126 g/mol. The van der Waals surface area contributed by atoms with Crippen molar-refractivity contribution in [3.63, 3.8) is 0 Å². The van der Waals surface area contributed by atoms with Crippen LogP contribution >= 0.6 is 18.2 Å². The zero-order valence-corrected chi connectivity index (χ0v) is 4.74. The summed E-state index contributed by atoms with van der Waals surface area (Å²) in [4.78, 5) is 7.93. The third-order valence-electron chi connectivity index (χ3n) is 0.225. The van der Waals surface area contributed by atoms with Crippen molar-refractivity contribution in [2.75, 3.05) is 7.11 Å². The molecule has 5 heteroatoms. The van der Waals surface area contributed by atoms with Crippen molar-refractivity contribution in [2.45, 2.75) is 0 Å². The van der Waals surface area contributed by atoms with Crippen molar-refractivity contribution in [1.82, 2.24) is 0 Å². The highest BCUT2D eigenvalue weighted by Gasteiger charge is 2.07. The molecule has 0 saturated carbocycles. The molecule has 0 spiro atoms. The quantitative estimate of drug-likeness (QED) is 0.538. The maximum Gasteiger partial charge on any atom is 0.421 e. The fourth-order valence-corrected chi connectivity index (χ4v) is 0. The number of rotatable bonds is 1. The van der Waals surface area contributed by atoms with Crippen LogP contribution in [-0.4, -0.2) is 12.0 Å². The molecule has 0 aliphatic carbocycles. The van der Waals surface area contributed by atoms with Crippen LogP contribution in [-0.2, 0) is 9.09 Å². The Morgan fingerprint density at radius 2 is 2.17 bits per heavy atom. The summed E-state index contributed by atoms with van der Waals surface area (Å²) in [5.41, 5.74) is 0. The van der Waals surface area contributed by atoms with Gasteiger partial charge in [-0.3, -0.25) is 0 Å².